The lowest BCUT2D eigenvalue weighted by Gasteiger charge is -2.10. The molecule has 2 rings (SSSR count). The van der Waals surface area contributed by atoms with Gasteiger partial charge in [0, 0.05) is 23.9 Å². The Morgan fingerprint density at radius 3 is 2.83 bits per heavy atom. The molecule has 0 spiro atoms. The van der Waals surface area contributed by atoms with Crippen molar-refractivity contribution >= 4 is 40.7 Å². The molecule has 118 valence electrons. The molecule has 0 aliphatic rings. The predicted octanol–water partition coefficient (Wildman–Crippen LogP) is 3.02. The van der Waals surface area contributed by atoms with E-state index in [9.17, 15) is 14.9 Å². The molecule has 0 saturated carbocycles. The average Bonchev–Trinajstić information content (AvgIpc) is 3.00. The Morgan fingerprint density at radius 2 is 2.17 bits per heavy atom. The Kier molecular flexibility index (Phi) is 5.21. The maximum absolute atomic E-state index is 11.7. The summed E-state index contributed by atoms with van der Waals surface area (Å²) in [6, 6.07) is 7.75. The van der Waals surface area contributed by atoms with E-state index in [1.807, 2.05) is 0 Å². The third-order valence-corrected chi connectivity index (χ3v) is 3.06. The second-order valence-corrected chi connectivity index (χ2v) is 4.96. The van der Waals surface area contributed by atoms with E-state index in [2.05, 4.69) is 10.6 Å². The van der Waals surface area contributed by atoms with Crippen LogP contribution in [0.15, 0.2) is 47.1 Å². The van der Waals surface area contributed by atoms with Crippen LogP contribution in [0, 0.1) is 17.0 Å². The number of benzene rings is 1. The van der Waals surface area contributed by atoms with E-state index in [-0.39, 0.29) is 10.8 Å². The lowest BCUT2D eigenvalue weighted by atomic mass is 10.2. The zero-order chi connectivity index (χ0) is 16.8. The van der Waals surface area contributed by atoms with Crippen LogP contribution in [0.5, 0.6) is 0 Å². The molecule has 2 aromatic rings. The van der Waals surface area contributed by atoms with Crippen LogP contribution in [0.1, 0.15) is 11.3 Å². The zero-order valence-electron chi connectivity index (χ0n) is 12.1. The molecule has 0 aliphatic heterocycles. The number of nitro groups is 1. The number of anilines is 1. The Labute approximate surface area is 137 Å². The summed E-state index contributed by atoms with van der Waals surface area (Å²) in [5.74, 6) is 0.0931. The summed E-state index contributed by atoms with van der Waals surface area (Å²) < 4.78 is 5.06. The molecule has 0 atom stereocenters. The van der Waals surface area contributed by atoms with Crippen LogP contribution in [0.3, 0.4) is 0 Å². The van der Waals surface area contributed by atoms with E-state index in [0.717, 1.165) is 5.56 Å². The highest BCUT2D eigenvalue weighted by Gasteiger charge is 2.10. The largest absolute Gasteiger partial charge is 0.465 e. The maximum Gasteiger partial charge on any atom is 0.271 e. The van der Waals surface area contributed by atoms with E-state index in [0.29, 0.717) is 11.4 Å². The zero-order valence-corrected chi connectivity index (χ0v) is 12.9. The number of nitro benzene ring substituents is 1. The van der Waals surface area contributed by atoms with Gasteiger partial charge in [-0.05, 0) is 42.9 Å². The topological polar surface area (TPSA) is 97.4 Å². The van der Waals surface area contributed by atoms with Gasteiger partial charge in [-0.1, -0.05) is 6.07 Å². The molecule has 1 aromatic carbocycles. The van der Waals surface area contributed by atoms with Crippen LogP contribution in [-0.2, 0) is 4.79 Å². The minimum absolute atomic E-state index is 0.0442. The van der Waals surface area contributed by atoms with Crippen molar-refractivity contribution in [3.8, 4) is 0 Å². The molecular weight excluding hydrogens is 318 g/mol. The number of nitrogens with one attached hydrogen (secondary N) is 2. The third kappa shape index (κ3) is 4.75. The summed E-state index contributed by atoms with van der Waals surface area (Å²) in [6.07, 6.45) is 4.26. The number of aryl methyl sites for hydroxylation is 1. The van der Waals surface area contributed by atoms with E-state index in [1.165, 1.54) is 30.5 Å². The molecular formula is C15H13N3O4S. The number of carbonyl (C=O) groups excluding carboxylic acids is 1. The normalized spacial score (nSPS) is 10.5. The number of hydrogen-bond donors (Lipinski definition) is 2. The fourth-order valence-corrected chi connectivity index (χ4v) is 1.92. The molecule has 0 aliphatic carbocycles. The number of rotatable bonds is 4. The number of thiocarbonyl (C=S) groups is 1. The van der Waals surface area contributed by atoms with Crippen molar-refractivity contribution in [1.82, 2.24) is 5.32 Å². The van der Waals surface area contributed by atoms with Gasteiger partial charge in [0.25, 0.3) is 5.69 Å². The molecule has 1 aromatic heterocycles. The second-order valence-electron chi connectivity index (χ2n) is 4.55. The van der Waals surface area contributed by atoms with Crippen LogP contribution >= 0.6 is 12.2 Å². The minimum Gasteiger partial charge on any atom is -0.465 e. The summed E-state index contributed by atoms with van der Waals surface area (Å²) in [5, 5.41) is 16.0. The SMILES string of the molecule is Cc1ccc([N+](=O)[O-])cc1NC(=S)NC(=O)/C=C/c1ccco1. The van der Waals surface area contributed by atoms with Crippen molar-refractivity contribution in [1.29, 1.82) is 0 Å². The van der Waals surface area contributed by atoms with Crippen LogP contribution in [0.4, 0.5) is 11.4 Å². The lowest BCUT2D eigenvalue weighted by Crippen LogP contribution is -2.33. The summed E-state index contributed by atoms with van der Waals surface area (Å²) in [7, 11) is 0. The van der Waals surface area contributed by atoms with Gasteiger partial charge in [0.1, 0.15) is 5.76 Å². The fraction of sp³-hybridized carbons (Fsp3) is 0.0667. The van der Waals surface area contributed by atoms with Crippen LogP contribution in [0.25, 0.3) is 6.08 Å². The van der Waals surface area contributed by atoms with Gasteiger partial charge in [0.05, 0.1) is 11.2 Å². The summed E-state index contributed by atoms with van der Waals surface area (Å²) in [6.45, 7) is 1.77. The van der Waals surface area contributed by atoms with E-state index in [4.69, 9.17) is 16.6 Å². The molecule has 8 heteroatoms. The van der Waals surface area contributed by atoms with Crippen molar-refractivity contribution < 1.29 is 14.1 Å². The number of furan rings is 1. The lowest BCUT2D eigenvalue weighted by molar-refractivity contribution is -0.384. The van der Waals surface area contributed by atoms with Gasteiger partial charge >= 0.3 is 0 Å². The highest BCUT2D eigenvalue weighted by atomic mass is 32.1. The van der Waals surface area contributed by atoms with Crippen molar-refractivity contribution in [2.24, 2.45) is 0 Å². The number of hydrogen-bond acceptors (Lipinski definition) is 5. The first-order valence-corrected chi connectivity index (χ1v) is 6.95. The molecule has 7 nitrogen and oxygen atoms in total. The van der Waals surface area contributed by atoms with Crippen molar-refractivity contribution in [2.45, 2.75) is 6.92 Å². The fourth-order valence-electron chi connectivity index (χ4n) is 1.71. The Balaban J connectivity index is 1.98. The Hall–Kier alpha value is -3.00. The maximum atomic E-state index is 11.7. The monoisotopic (exact) mass is 331 g/mol. The number of non-ortho nitro benzene ring substituents is 1. The first kappa shape index (κ1) is 16.4. The highest BCUT2D eigenvalue weighted by Crippen LogP contribution is 2.21. The molecule has 23 heavy (non-hydrogen) atoms. The molecule has 0 saturated heterocycles. The van der Waals surface area contributed by atoms with Gasteiger partial charge in [0.15, 0.2) is 5.11 Å². The minimum atomic E-state index is -0.502. The molecule has 1 heterocycles. The molecule has 0 unspecified atom stereocenters. The summed E-state index contributed by atoms with van der Waals surface area (Å²) in [4.78, 5) is 22.0. The van der Waals surface area contributed by atoms with Crippen molar-refractivity contribution in [2.75, 3.05) is 5.32 Å². The number of amides is 1. The second kappa shape index (κ2) is 7.32. The predicted molar refractivity (Wildman–Crippen MR) is 89.9 cm³/mol. The molecule has 0 radical (unpaired) electrons. The molecule has 1 amide bonds. The standard InChI is InChI=1S/C15H13N3O4S/c1-10-4-5-11(18(20)21)9-13(10)16-15(23)17-14(19)7-6-12-3-2-8-22-12/h2-9H,1H3,(H2,16,17,19,23)/b7-6+. The average molecular weight is 331 g/mol. The third-order valence-electron chi connectivity index (χ3n) is 2.86. The van der Waals surface area contributed by atoms with Crippen LogP contribution in [0.2, 0.25) is 0 Å². The summed E-state index contributed by atoms with van der Waals surface area (Å²) >= 11 is 5.02. The van der Waals surface area contributed by atoms with E-state index >= 15 is 0 Å². The first-order valence-electron chi connectivity index (χ1n) is 6.54. The van der Waals surface area contributed by atoms with Gasteiger partial charge in [-0.25, -0.2) is 0 Å². The van der Waals surface area contributed by atoms with Gasteiger partial charge in [-0.15, -0.1) is 0 Å². The van der Waals surface area contributed by atoms with Crippen LogP contribution in [-0.4, -0.2) is 15.9 Å². The molecule has 0 fully saturated rings. The van der Waals surface area contributed by atoms with E-state index in [1.54, 1.807) is 25.1 Å². The smallest absolute Gasteiger partial charge is 0.271 e. The molecule has 2 N–H and O–H groups in total. The van der Waals surface area contributed by atoms with E-state index < -0.39 is 10.8 Å². The Bertz CT molecular complexity index is 769. The Morgan fingerprint density at radius 1 is 1.39 bits per heavy atom. The van der Waals surface area contributed by atoms with Crippen molar-refractivity contribution in [3.63, 3.8) is 0 Å². The van der Waals surface area contributed by atoms with Gasteiger partial charge in [-0.3, -0.25) is 20.2 Å². The van der Waals surface area contributed by atoms with Gasteiger partial charge in [-0.2, -0.15) is 0 Å². The number of carbonyl (C=O) groups is 1. The first-order chi connectivity index (χ1) is 11.0. The van der Waals surface area contributed by atoms with Gasteiger partial charge in [0.2, 0.25) is 5.91 Å². The highest BCUT2D eigenvalue weighted by molar-refractivity contribution is 7.80. The number of nitrogens with zero attached hydrogens (tertiary/aromatic N) is 1. The van der Waals surface area contributed by atoms with Crippen LogP contribution < -0.4 is 10.6 Å². The van der Waals surface area contributed by atoms with Gasteiger partial charge < -0.3 is 9.73 Å². The quantitative estimate of drug-likeness (QED) is 0.387. The summed E-state index contributed by atoms with van der Waals surface area (Å²) in [5.41, 5.74) is 1.16. The van der Waals surface area contributed by atoms with Crippen molar-refractivity contribution in [3.05, 3.63) is 64.1 Å². The molecule has 0 bridgehead atoms.